The molecule has 1 saturated carbocycles. The number of fused-ring (bicyclic) bond motifs is 1. The van der Waals surface area contributed by atoms with Crippen LogP contribution >= 0.6 is 24.0 Å². The Morgan fingerprint density at radius 1 is 1.27 bits per heavy atom. The highest BCUT2D eigenvalue weighted by molar-refractivity contribution is 14.0. The number of aliphatic imine (C=N–C) groups is 1. The zero-order valence-corrected chi connectivity index (χ0v) is 20.2. The SMILES string of the molecule is CN=C(NCc1ccnc(OCC2CC2)c1)NC1CC(C)(C)Oc2ccccc21.I. The minimum absolute atomic E-state index is 0. The van der Waals surface area contributed by atoms with Gasteiger partial charge in [0.05, 0.1) is 12.6 Å². The molecule has 7 heteroatoms. The third-order valence-corrected chi connectivity index (χ3v) is 5.33. The molecule has 1 aliphatic carbocycles. The summed E-state index contributed by atoms with van der Waals surface area (Å²) < 4.78 is 11.9. The number of nitrogens with zero attached hydrogens (tertiary/aromatic N) is 2. The second kappa shape index (κ2) is 9.85. The van der Waals surface area contributed by atoms with E-state index in [4.69, 9.17) is 9.47 Å². The number of guanidine groups is 1. The van der Waals surface area contributed by atoms with E-state index in [9.17, 15) is 0 Å². The number of nitrogens with one attached hydrogen (secondary N) is 2. The van der Waals surface area contributed by atoms with Crippen LogP contribution in [0.25, 0.3) is 0 Å². The number of ether oxygens (including phenoxy) is 2. The van der Waals surface area contributed by atoms with Gasteiger partial charge in [-0.15, -0.1) is 24.0 Å². The first kappa shape index (κ1) is 22.7. The van der Waals surface area contributed by atoms with Crippen molar-refractivity contribution < 1.29 is 9.47 Å². The minimum atomic E-state index is -0.232. The van der Waals surface area contributed by atoms with E-state index in [1.165, 1.54) is 12.8 Å². The average molecular weight is 522 g/mol. The summed E-state index contributed by atoms with van der Waals surface area (Å²) in [4.78, 5) is 8.73. The van der Waals surface area contributed by atoms with Crippen molar-refractivity contribution in [1.29, 1.82) is 0 Å². The molecule has 1 aromatic carbocycles. The second-order valence-corrected chi connectivity index (χ2v) is 8.48. The lowest BCUT2D eigenvalue weighted by Gasteiger charge is -2.38. The fraction of sp³-hybridized carbons (Fsp3) is 0.478. The molecule has 162 valence electrons. The summed E-state index contributed by atoms with van der Waals surface area (Å²) in [6.07, 6.45) is 5.20. The van der Waals surface area contributed by atoms with Gasteiger partial charge >= 0.3 is 0 Å². The summed E-state index contributed by atoms with van der Waals surface area (Å²) in [5.41, 5.74) is 2.04. The van der Waals surface area contributed by atoms with E-state index in [0.717, 1.165) is 35.9 Å². The second-order valence-electron chi connectivity index (χ2n) is 8.48. The Bertz CT molecular complexity index is 883. The lowest BCUT2D eigenvalue weighted by molar-refractivity contribution is 0.0694. The van der Waals surface area contributed by atoms with Crippen molar-refractivity contribution in [2.45, 2.75) is 51.3 Å². The molecule has 0 saturated heterocycles. The predicted molar refractivity (Wildman–Crippen MR) is 130 cm³/mol. The van der Waals surface area contributed by atoms with E-state index in [1.807, 2.05) is 30.3 Å². The number of pyridine rings is 1. The van der Waals surface area contributed by atoms with Gasteiger partial charge < -0.3 is 20.1 Å². The van der Waals surface area contributed by atoms with Crippen molar-refractivity contribution >= 4 is 29.9 Å². The highest BCUT2D eigenvalue weighted by Gasteiger charge is 2.33. The minimum Gasteiger partial charge on any atom is -0.487 e. The summed E-state index contributed by atoms with van der Waals surface area (Å²) in [5, 5.41) is 6.97. The normalized spacial score (nSPS) is 19.7. The number of halogens is 1. The fourth-order valence-corrected chi connectivity index (χ4v) is 3.60. The lowest BCUT2D eigenvalue weighted by atomic mass is 9.90. The zero-order valence-electron chi connectivity index (χ0n) is 17.9. The maximum atomic E-state index is 6.13. The van der Waals surface area contributed by atoms with Crippen LogP contribution in [0, 0.1) is 5.92 Å². The highest BCUT2D eigenvalue weighted by atomic mass is 127. The highest BCUT2D eigenvalue weighted by Crippen LogP contribution is 2.39. The van der Waals surface area contributed by atoms with Crippen molar-refractivity contribution in [3.8, 4) is 11.6 Å². The van der Waals surface area contributed by atoms with Gasteiger partial charge in [0.15, 0.2) is 5.96 Å². The molecule has 4 rings (SSSR count). The third-order valence-electron chi connectivity index (χ3n) is 5.33. The monoisotopic (exact) mass is 522 g/mol. The topological polar surface area (TPSA) is 67.8 Å². The van der Waals surface area contributed by atoms with E-state index in [2.05, 4.69) is 40.5 Å². The smallest absolute Gasteiger partial charge is 0.213 e. The molecule has 1 unspecified atom stereocenters. The Balaban J connectivity index is 0.00000256. The molecule has 2 N–H and O–H groups in total. The summed E-state index contributed by atoms with van der Waals surface area (Å²) in [6, 6.07) is 12.3. The molecule has 0 amide bonds. The van der Waals surface area contributed by atoms with Gasteiger partial charge in [-0.25, -0.2) is 4.98 Å². The van der Waals surface area contributed by atoms with Gasteiger partial charge in [0.25, 0.3) is 0 Å². The van der Waals surface area contributed by atoms with Crippen molar-refractivity contribution in [1.82, 2.24) is 15.6 Å². The summed E-state index contributed by atoms with van der Waals surface area (Å²) >= 11 is 0. The Hall–Kier alpha value is -2.03. The number of hydrogen-bond donors (Lipinski definition) is 2. The molecule has 2 heterocycles. The molecular weight excluding hydrogens is 491 g/mol. The first-order chi connectivity index (χ1) is 14.0. The Kier molecular flexibility index (Phi) is 7.44. The van der Waals surface area contributed by atoms with Gasteiger partial charge in [-0.05, 0) is 50.3 Å². The molecular formula is C23H31IN4O2. The molecule has 0 spiro atoms. The molecule has 0 radical (unpaired) electrons. The van der Waals surface area contributed by atoms with E-state index in [1.54, 1.807) is 13.2 Å². The van der Waals surface area contributed by atoms with Crippen molar-refractivity contribution in [3.05, 3.63) is 53.7 Å². The van der Waals surface area contributed by atoms with Gasteiger partial charge in [-0.1, -0.05) is 18.2 Å². The zero-order chi connectivity index (χ0) is 20.3. The summed E-state index contributed by atoms with van der Waals surface area (Å²) in [6.45, 7) is 5.66. The van der Waals surface area contributed by atoms with Gasteiger partial charge in [-0.2, -0.15) is 0 Å². The first-order valence-electron chi connectivity index (χ1n) is 10.4. The van der Waals surface area contributed by atoms with Crippen LogP contribution in [0.3, 0.4) is 0 Å². The van der Waals surface area contributed by atoms with Crippen LogP contribution in [0.2, 0.25) is 0 Å². The molecule has 0 bridgehead atoms. The molecule has 1 fully saturated rings. The van der Waals surface area contributed by atoms with E-state index in [0.29, 0.717) is 18.3 Å². The van der Waals surface area contributed by atoms with Gasteiger partial charge in [0, 0.05) is 37.8 Å². The number of benzene rings is 1. The number of rotatable bonds is 6. The summed E-state index contributed by atoms with van der Waals surface area (Å²) in [5.74, 6) is 3.11. The van der Waals surface area contributed by atoms with E-state index >= 15 is 0 Å². The van der Waals surface area contributed by atoms with Crippen LogP contribution in [-0.4, -0.2) is 30.2 Å². The first-order valence-corrected chi connectivity index (χ1v) is 10.4. The number of aromatic nitrogens is 1. The van der Waals surface area contributed by atoms with E-state index < -0.39 is 0 Å². The van der Waals surface area contributed by atoms with Crippen LogP contribution in [0.5, 0.6) is 11.6 Å². The summed E-state index contributed by atoms with van der Waals surface area (Å²) in [7, 11) is 1.79. The van der Waals surface area contributed by atoms with Crippen LogP contribution in [0.1, 0.15) is 50.3 Å². The third kappa shape index (κ3) is 6.00. The van der Waals surface area contributed by atoms with Crippen molar-refractivity contribution in [2.24, 2.45) is 10.9 Å². The molecule has 1 aliphatic heterocycles. The van der Waals surface area contributed by atoms with Gasteiger partial charge in [0.1, 0.15) is 11.4 Å². The van der Waals surface area contributed by atoms with Crippen LogP contribution in [-0.2, 0) is 6.54 Å². The predicted octanol–water partition coefficient (Wildman–Crippen LogP) is 4.46. The molecule has 30 heavy (non-hydrogen) atoms. The van der Waals surface area contributed by atoms with Crippen molar-refractivity contribution in [2.75, 3.05) is 13.7 Å². The van der Waals surface area contributed by atoms with Crippen molar-refractivity contribution in [3.63, 3.8) is 0 Å². The largest absolute Gasteiger partial charge is 0.487 e. The lowest BCUT2D eigenvalue weighted by Crippen LogP contribution is -2.45. The standard InChI is InChI=1S/C23H30N4O2.HI/c1-23(2)13-19(18-6-4-5-7-20(18)29-23)27-22(24-3)26-14-17-10-11-25-21(12-17)28-15-16-8-9-16;/h4-7,10-12,16,19H,8-9,13-15H2,1-3H3,(H2,24,26,27);1H. The maximum absolute atomic E-state index is 6.13. The Morgan fingerprint density at radius 2 is 2.07 bits per heavy atom. The van der Waals surface area contributed by atoms with Crippen LogP contribution in [0.15, 0.2) is 47.6 Å². The van der Waals surface area contributed by atoms with Crippen LogP contribution in [0.4, 0.5) is 0 Å². The number of hydrogen-bond acceptors (Lipinski definition) is 4. The van der Waals surface area contributed by atoms with Crippen LogP contribution < -0.4 is 20.1 Å². The molecule has 2 aliphatic rings. The van der Waals surface area contributed by atoms with E-state index in [-0.39, 0.29) is 35.6 Å². The van der Waals surface area contributed by atoms with Gasteiger partial charge in [0.2, 0.25) is 5.88 Å². The van der Waals surface area contributed by atoms with Gasteiger partial charge in [-0.3, -0.25) is 4.99 Å². The molecule has 2 aromatic rings. The average Bonchev–Trinajstić information content (AvgIpc) is 3.53. The molecule has 6 nitrogen and oxygen atoms in total. The maximum Gasteiger partial charge on any atom is 0.213 e. The quantitative estimate of drug-likeness (QED) is 0.333. The number of para-hydroxylation sites is 1. The molecule has 1 aromatic heterocycles. The molecule has 1 atom stereocenters. The Morgan fingerprint density at radius 3 is 2.83 bits per heavy atom. The fourth-order valence-electron chi connectivity index (χ4n) is 3.60. The Labute approximate surface area is 195 Å².